The monoisotopic (exact) mass is 868 g/mol. The molecule has 296 valence electrons. The van der Waals surface area contributed by atoms with Crippen LogP contribution in [0.4, 0.5) is 0 Å². The summed E-state index contributed by atoms with van der Waals surface area (Å²) in [5.41, 5.74) is 5.05. The Labute approximate surface area is 353 Å². The van der Waals surface area contributed by atoms with Crippen LogP contribution >= 0.6 is 27.5 Å². The molecule has 0 aliphatic heterocycles. The van der Waals surface area contributed by atoms with Crippen LogP contribution in [0.15, 0.2) is 142 Å². The third kappa shape index (κ3) is 7.45. The number of hydrogen-bond acceptors (Lipinski definition) is 9. The summed E-state index contributed by atoms with van der Waals surface area (Å²) < 4.78 is 19.3. The highest BCUT2D eigenvalue weighted by Crippen LogP contribution is 2.43. The van der Waals surface area contributed by atoms with Crippen molar-refractivity contribution in [2.75, 3.05) is 6.79 Å². The van der Waals surface area contributed by atoms with Crippen molar-refractivity contribution in [1.82, 2.24) is 29.8 Å². The minimum Gasteiger partial charge on any atom is -0.455 e. The third-order valence-electron chi connectivity index (χ3n) is 10.1. The maximum absolute atomic E-state index is 13.2. The van der Waals surface area contributed by atoms with Crippen molar-refractivity contribution in [2.45, 2.75) is 39.3 Å². The van der Waals surface area contributed by atoms with Crippen molar-refractivity contribution >= 4 is 50.4 Å². The smallest absolute Gasteiger partial charge is 0.361 e. The molecule has 59 heavy (non-hydrogen) atoms. The van der Waals surface area contributed by atoms with E-state index in [1.54, 1.807) is 23.2 Å². The first kappa shape index (κ1) is 39.5. The lowest BCUT2D eigenvalue weighted by Gasteiger charge is -2.34. The number of fused-ring (bicyclic) bond motifs is 1. The van der Waals surface area contributed by atoms with Gasteiger partial charge in [0.25, 0.3) is 0 Å². The van der Waals surface area contributed by atoms with E-state index in [0.717, 1.165) is 43.2 Å². The Balaban J connectivity index is 1.16. The molecule has 0 N–H and O–H groups in total. The van der Waals surface area contributed by atoms with Gasteiger partial charge in [0, 0.05) is 29.5 Å². The van der Waals surface area contributed by atoms with E-state index in [4.69, 9.17) is 40.9 Å². The number of aromatic nitrogens is 6. The molecule has 0 bridgehead atoms. The number of carbonyl (C=O) groups is 2. The highest BCUT2D eigenvalue weighted by atomic mass is 79.9. The first-order chi connectivity index (χ1) is 28.7. The number of ether oxygens (including phenoxy) is 2. The van der Waals surface area contributed by atoms with Crippen LogP contribution in [0.2, 0.25) is 5.15 Å². The second-order valence-electron chi connectivity index (χ2n) is 14.1. The third-order valence-corrected chi connectivity index (χ3v) is 11.2. The van der Waals surface area contributed by atoms with Gasteiger partial charge in [0.15, 0.2) is 16.4 Å². The SMILES string of the molecule is CCc1nc(Cl)c(C(=O)OCOC(=O)C(C)C)n1Cc1ccc2oc(-c3ccccc3-c3nnn(C(c4ccccc4)(c4ccccc4)c4ccccc4)n3)c(Br)c2c1. The van der Waals surface area contributed by atoms with E-state index in [0.29, 0.717) is 29.4 Å². The van der Waals surface area contributed by atoms with Gasteiger partial charge >= 0.3 is 11.9 Å². The fourth-order valence-electron chi connectivity index (χ4n) is 7.27. The van der Waals surface area contributed by atoms with E-state index < -0.39 is 24.3 Å². The summed E-state index contributed by atoms with van der Waals surface area (Å²) in [5.74, 6) is 0.0123. The normalized spacial score (nSPS) is 11.6. The standard InChI is InChI=1S/C46H38BrClN6O5/c1-4-38-49-42(48)40(45(56)58-28-57-44(55)29(2)3)53(38)27-30-24-25-37-36(26-30)39(47)41(59-37)34-22-14-15-23-35(34)43-50-52-54(51-43)46(31-16-8-5-9-17-31,32-18-10-6-11-19-32)33-20-12-7-13-21-33/h5-26,29H,4,27-28H2,1-3H3. The first-order valence-corrected chi connectivity index (χ1v) is 20.2. The van der Waals surface area contributed by atoms with Crippen molar-refractivity contribution in [1.29, 1.82) is 0 Å². The van der Waals surface area contributed by atoms with E-state index in [1.165, 1.54) is 0 Å². The van der Waals surface area contributed by atoms with Gasteiger partial charge in [0.05, 0.1) is 10.4 Å². The van der Waals surface area contributed by atoms with Crippen molar-refractivity contribution in [3.05, 3.63) is 177 Å². The van der Waals surface area contributed by atoms with Crippen molar-refractivity contribution in [3.63, 3.8) is 0 Å². The molecule has 0 amide bonds. The average Bonchev–Trinajstić information content (AvgIpc) is 3.97. The number of furan rings is 1. The van der Waals surface area contributed by atoms with Crippen molar-refractivity contribution in [3.8, 4) is 22.7 Å². The van der Waals surface area contributed by atoms with E-state index in [9.17, 15) is 9.59 Å². The fourth-order valence-corrected chi connectivity index (χ4v) is 8.15. The highest BCUT2D eigenvalue weighted by molar-refractivity contribution is 9.10. The van der Waals surface area contributed by atoms with Crippen LogP contribution in [0.25, 0.3) is 33.7 Å². The minimum atomic E-state index is -0.936. The minimum absolute atomic E-state index is 0.00517. The number of halogens is 2. The van der Waals surface area contributed by atoms with Gasteiger partial charge in [0.1, 0.15) is 17.2 Å². The first-order valence-electron chi connectivity index (χ1n) is 19.1. The van der Waals surface area contributed by atoms with Crippen LogP contribution in [0, 0.1) is 5.92 Å². The molecule has 0 aliphatic rings. The van der Waals surface area contributed by atoms with E-state index >= 15 is 0 Å². The van der Waals surface area contributed by atoms with Crippen LogP contribution in [0.5, 0.6) is 0 Å². The van der Waals surface area contributed by atoms with Gasteiger partial charge in [-0.15, -0.1) is 15.0 Å². The number of carbonyl (C=O) groups excluding carboxylic acids is 2. The predicted octanol–water partition coefficient (Wildman–Crippen LogP) is 10.1. The Morgan fingerprint density at radius 1 is 0.814 bits per heavy atom. The summed E-state index contributed by atoms with van der Waals surface area (Å²) in [7, 11) is 0. The zero-order valence-electron chi connectivity index (χ0n) is 32.4. The largest absolute Gasteiger partial charge is 0.455 e. The summed E-state index contributed by atoms with van der Waals surface area (Å²) in [4.78, 5) is 31.2. The maximum atomic E-state index is 13.2. The van der Waals surface area contributed by atoms with Crippen molar-refractivity contribution in [2.24, 2.45) is 5.92 Å². The van der Waals surface area contributed by atoms with Gasteiger partial charge in [0.2, 0.25) is 12.6 Å². The fraction of sp³-hybridized carbons (Fsp3) is 0.174. The van der Waals surface area contributed by atoms with Gasteiger partial charge in [-0.05, 0) is 55.5 Å². The maximum Gasteiger partial charge on any atom is 0.361 e. The second-order valence-corrected chi connectivity index (χ2v) is 15.3. The van der Waals surface area contributed by atoms with Gasteiger partial charge in [-0.1, -0.05) is 154 Å². The number of aryl methyl sites for hydroxylation is 1. The lowest BCUT2D eigenvalue weighted by atomic mass is 9.77. The summed E-state index contributed by atoms with van der Waals surface area (Å²) in [6, 6.07) is 44.2. The molecule has 0 aliphatic carbocycles. The Kier molecular flexibility index (Phi) is 11.3. The quantitative estimate of drug-likeness (QED) is 0.0632. The zero-order chi connectivity index (χ0) is 41.1. The molecule has 8 aromatic rings. The molecule has 13 heteroatoms. The van der Waals surface area contributed by atoms with E-state index in [-0.39, 0.29) is 23.3 Å². The summed E-state index contributed by atoms with van der Waals surface area (Å²) in [5, 5.41) is 15.4. The van der Waals surface area contributed by atoms with Gasteiger partial charge in [-0.3, -0.25) is 4.79 Å². The molecule has 3 aromatic heterocycles. The molecule has 5 aromatic carbocycles. The highest BCUT2D eigenvalue weighted by Gasteiger charge is 2.41. The Morgan fingerprint density at radius 2 is 1.41 bits per heavy atom. The van der Waals surface area contributed by atoms with Crippen LogP contribution in [-0.2, 0) is 32.8 Å². The molecular weight excluding hydrogens is 832 g/mol. The average molecular weight is 870 g/mol. The molecule has 3 heterocycles. The lowest BCUT2D eigenvalue weighted by Crippen LogP contribution is -2.39. The van der Waals surface area contributed by atoms with Crippen LogP contribution in [0.3, 0.4) is 0 Å². The number of benzene rings is 5. The number of imidazole rings is 1. The predicted molar refractivity (Wildman–Crippen MR) is 228 cm³/mol. The van der Waals surface area contributed by atoms with Crippen LogP contribution < -0.4 is 0 Å². The van der Waals surface area contributed by atoms with Crippen LogP contribution in [-0.4, -0.2) is 48.5 Å². The van der Waals surface area contributed by atoms with Crippen LogP contribution in [0.1, 0.15) is 59.3 Å². The lowest BCUT2D eigenvalue weighted by molar-refractivity contribution is -0.155. The Hall–Kier alpha value is -6.37. The molecule has 0 radical (unpaired) electrons. The van der Waals surface area contributed by atoms with Crippen molar-refractivity contribution < 1.29 is 23.5 Å². The molecule has 0 unspecified atom stereocenters. The summed E-state index contributed by atoms with van der Waals surface area (Å²) in [6.45, 7) is 5.04. The van der Waals surface area contributed by atoms with E-state index in [2.05, 4.69) is 57.3 Å². The molecule has 0 saturated carbocycles. The van der Waals surface area contributed by atoms with Gasteiger partial charge in [-0.2, -0.15) is 0 Å². The van der Waals surface area contributed by atoms with Gasteiger partial charge < -0.3 is 18.5 Å². The Morgan fingerprint density at radius 3 is 2.00 bits per heavy atom. The Bertz CT molecular complexity index is 2670. The molecule has 11 nitrogen and oxygen atoms in total. The topological polar surface area (TPSA) is 127 Å². The van der Waals surface area contributed by atoms with Gasteiger partial charge in [-0.25, -0.2) is 9.78 Å². The summed E-state index contributed by atoms with van der Waals surface area (Å²) in [6.07, 6.45) is 0.510. The van der Waals surface area contributed by atoms with E-state index in [1.807, 2.05) is 104 Å². The number of tetrazole rings is 1. The number of hydrogen-bond donors (Lipinski definition) is 0. The number of esters is 2. The number of rotatable bonds is 13. The summed E-state index contributed by atoms with van der Waals surface area (Å²) >= 11 is 10.3. The zero-order valence-corrected chi connectivity index (χ0v) is 34.7. The molecular formula is C46H38BrClN6O5. The molecule has 0 atom stereocenters. The second kappa shape index (κ2) is 16.8. The number of nitrogens with zero attached hydrogens (tertiary/aromatic N) is 6. The molecule has 0 fully saturated rings. The molecule has 8 rings (SSSR count). The molecule has 0 spiro atoms. The molecule has 0 saturated heterocycles.